The van der Waals surface area contributed by atoms with Crippen LogP contribution in [-0.4, -0.2) is 15.7 Å². The summed E-state index contributed by atoms with van der Waals surface area (Å²) in [6, 6.07) is 13.7. The Labute approximate surface area is 122 Å². The van der Waals surface area contributed by atoms with Crippen molar-refractivity contribution in [3.05, 3.63) is 54.4 Å². The van der Waals surface area contributed by atoms with E-state index in [2.05, 4.69) is 10.4 Å². The van der Waals surface area contributed by atoms with Crippen molar-refractivity contribution in [1.29, 1.82) is 0 Å². The minimum Gasteiger partial charge on any atom is -0.396 e. The lowest BCUT2D eigenvalue weighted by molar-refractivity contribution is 0.102. The van der Waals surface area contributed by atoms with E-state index in [1.54, 1.807) is 10.9 Å². The van der Waals surface area contributed by atoms with Crippen LogP contribution in [-0.2, 0) is 6.54 Å². The normalized spacial score (nSPS) is 10.7. The summed E-state index contributed by atoms with van der Waals surface area (Å²) in [7, 11) is 0. The van der Waals surface area contributed by atoms with Crippen LogP contribution in [0.5, 0.6) is 0 Å². The Kier molecular flexibility index (Phi) is 3.31. The number of hydrogen-bond donors (Lipinski definition) is 2. The zero-order valence-corrected chi connectivity index (χ0v) is 11.7. The van der Waals surface area contributed by atoms with E-state index in [0.29, 0.717) is 12.2 Å². The van der Waals surface area contributed by atoms with Crippen molar-refractivity contribution in [2.24, 2.45) is 0 Å². The molecule has 0 aliphatic heterocycles. The van der Waals surface area contributed by atoms with Gasteiger partial charge in [0.2, 0.25) is 0 Å². The van der Waals surface area contributed by atoms with E-state index in [1.165, 1.54) is 0 Å². The van der Waals surface area contributed by atoms with Gasteiger partial charge in [-0.1, -0.05) is 36.4 Å². The monoisotopic (exact) mass is 280 g/mol. The third-order valence-electron chi connectivity index (χ3n) is 3.37. The number of nitrogens with one attached hydrogen (secondary N) is 1. The Morgan fingerprint density at radius 2 is 2.00 bits per heavy atom. The number of carbonyl (C=O) groups excluding carboxylic acids is 1. The molecule has 0 radical (unpaired) electrons. The summed E-state index contributed by atoms with van der Waals surface area (Å²) in [4.78, 5) is 12.3. The lowest BCUT2D eigenvalue weighted by Gasteiger charge is -2.07. The first kappa shape index (κ1) is 13.2. The van der Waals surface area contributed by atoms with Gasteiger partial charge in [0, 0.05) is 23.8 Å². The molecule has 5 heteroatoms. The predicted molar refractivity (Wildman–Crippen MR) is 84.2 cm³/mol. The quantitative estimate of drug-likeness (QED) is 0.774. The highest BCUT2D eigenvalue weighted by Crippen LogP contribution is 2.23. The second-order valence-electron chi connectivity index (χ2n) is 4.77. The first-order valence-corrected chi connectivity index (χ1v) is 6.81. The zero-order valence-electron chi connectivity index (χ0n) is 11.7. The number of amides is 1. The lowest BCUT2D eigenvalue weighted by atomic mass is 10.1. The van der Waals surface area contributed by atoms with Crippen molar-refractivity contribution < 1.29 is 4.79 Å². The molecule has 1 aromatic heterocycles. The third kappa shape index (κ3) is 2.45. The summed E-state index contributed by atoms with van der Waals surface area (Å²) in [5.74, 6) is -0.295. The van der Waals surface area contributed by atoms with Gasteiger partial charge in [-0.15, -0.1) is 0 Å². The van der Waals surface area contributed by atoms with Crippen molar-refractivity contribution >= 4 is 28.1 Å². The molecule has 0 bridgehead atoms. The van der Waals surface area contributed by atoms with Crippen LogP contribution in [0.1, 0.15) is 17.4 Å². The molecule has 0 unspecified atom stereocenters. The maximum absolute atomic E-state index is 12.3. The molecule has 21 heavy (non-hydrogen) atoms. The molecular formula is C16H16N4O. The van der Waals surface area contributed by atoms with Gasteiger partial charge in [0.25, 0.3) is 5.91 Å². The average molecular weight is 280 g/mol. The molecule has 5 nitrogen and oxygen atoms in total. The molecule has 0 saturated heterocycles. The summed E-state index contributed by atoms with van der Waals surface area (Å²) in [6.45, 7) is 2.62. The molecule has 0 spiro atoms. The molecule has 106 valence electrons. The Bertz CT molecular complexity index is 802. The van der Waals surface area contributed by atoms with Crippen LogP contribution in [0, 0.1) is 0 Å². The molecule has 3 aromatic rings. The Morgan fingerprint density at radius 3 is 2.76 bits per heavy atom. The summed E-state index contributed by atoms with van der Waals surface area (Å²) >= 11 is 0. The SMILES string of the molecule is CCn1cc(N)c(C(=O)Nc2cccc3ccccc23)n1. The van der Waals surface area contributed by atoms with E-state index in [4.69, 9.17) is 5.73 Å². The molecule has 1 heterocycles. The number of nitrogen functional groups attached to an aromatic ring is 1. The standard InChI is InChI=1S/C16H16N4O/c1-2-20-10-13(17)15(19-20)16(21)18-14-9-5-7-11-6-3-4-8-12(11)14/h3-10H,2,17H2,1H3,(H,18,21). The van der Waals surface area contributed by atoms with Crippen LogP contribution in [0.25, 0.3) is 10.8 Å². The van der Waals surface area contributed by atoms with E-state index in [1.807, 2.05) is 49.4 Å². The van der Waals surface area contributed by atoms with E-state index >= 15 is 0 Å². The van der Waals surface area contributed by atoms with Gasteiger partial charge in [-0.25, -0.2) is 0 Å². The van der Waals surface area contributed by atoms with E-state index < -0.39 is 0 Å². The third-order valence-corrected chi connectivity index (χ3v) is 3.37. The van der Waals surface area contributed by atoms with Crippen molar-refractivity contribution in [3.8, 4) is 0 Å². The molecule has 3 rings (SSSR count). The lowest BCUT2D eigenvalue weighted by Crippen LogP contribution is -2.15. The minimum absolute atomic E-state index is 0.254. The van der Waals surface area contributed by atoms with E-state index in [9.17, 15) is 4.79 Å². The molecule has 0 aliphatic carbocycles. The predicted octanol–water partition coefficient (Wildman–Crippen LogP) is 2.89. The van der Waals surface area contributed by atoms with Crippen molar-refractivity contribution in [3.63, 3.8) is 0 Å². The van der Waals surface area contributed by atoms with Gasteiger partial charge in [-0.3, -0.25) is 9.48 Å². The number of carbonyl (C=O) groups is 1. The smallest absolute Gasteiger partial charge is 0.278 e. The number of nitrogens with zero attached hydrogens (tertiary/aromatic N) is 2. The Morgan fingerprint density at radius 1 is 1.24 bits per heavy atom. The minimum atomic E-state index is -0.295. The van der Waals surface area contributed by atoms with Gasteiger partial charge in [-0.05, 0) is 18.4 Å². The average Bonchev–Trinajstić information content (AvgIpc) is 2.89. The van der Waals surface area contributed by atoms with E-state index in [0.717, 1.165) is 16.5 Å². The summed E-state index contributed by atoms with van der Waals surface area (Å²) in [6.07, 6.45) is 1.66. The molecular weight excluding hydrogens is 264 g/mol. The highest BCUT2D eigenvalue weighted by Gasteiger charge is 2.15. The first-order chi connectivity index (χ1) is 10.2. The van der Waals surface area contributed by atoms with E-state index in [-0.39, 0.29) is 11.6 Å². The second-order valence-corrected chi connectivity index (χ2v) is 4.77. The van der Waals surface area contributed by atoms with Crippen LogP contribution in [0.15, 0.2) is 48.7 Å². The molecule has 1 amide bonds. The Hall–Kier alpha value is -2.82. The fourth-order valence-electron chi connectivity index (χ4n) is 2.29. The maximum Gasteiger partial charge on any atom is 0.278 e. The van der Waals surface area contributed by atoms with Gasteiger partial charge in [0.1, 0.15) is 0 Å². The van der Waals surface area contributed by atoms with Crippen LogP contribution in [0.4, 0.5) is 11.4 Å². The van der Waals surface area contributed by atoms with Crippen LogP contribution in [0.2, 0.25) is 0 Å². The summed E-state index contributed by atoms with van der Waals surface area (Å²) in [5, 5.41) is 9.13. The molecule has 0 saturated carbocycles. The van der Waals surface area contributed by atoms with Crippen LogP contribution in [0.3, 0.4) is 0 Å². The molecule has 0 aliphatic rings. The number of fused-ring (bicyclic) bond motifs is 1. The molecule has 2 aromatic carbocycles. The van der Waals surface area contributed by atoms with Gasteiger partial charge in [-0.2, -0.15) is 5.10 Å². The van der Waals surface area contributed by atoms with Gasteiger partial charge in [0.05, 0.1) is 5.69 Å². The number of aromatic nitrogens is 2. The fraction of sp³-hybridized carbons (Fsp3) is 0.125. The van der Waals surface area contributed by atoms with Crippen molar-refractivity contribution in [1.82, 2.24) is 9.78 Å². The summed E-state index contributed by atoms with van der Waals surface area (Å²) < 4.78 is 1.65. The van der Waals surface area contributed by atoms with Gasteiger partial charge < -0.3 is 11.1 Å². The highest BCUT2D eigenvalue weighted by molar-refractivity contribution is 6.10. The number of hydrogen-bond acceptors (Lipinski definition) is 3. The van der Waals surface area contributed by atoms with Crippen molar-refractivity contribution in [2.45, 2.75) is 13.5 Å². The highest BCUT2D eigenvalue weighted by atomic mass is 16.2. The Balaban J connectivity index is 1.94. The topological polar surface area (TPSA) is 72.9 Å². The zero-order chi connectivity index (χ0) is 14.8. The number of rotatable bonds is 3. The maximum atomic E-state index is 12.3. The second kappa shape index (κ2) is 5.28. The largest absolute Gasteiger partial charge is 0.396 e. The molecule has 3 N–H and O–H groups in total. The summed E-state index contributed by atoms with van der Waals surface area (Å²) in [5.41, 5.74) is 7.23. The number of anilines is 2. The van der Waals surface area contributed by atoms with Crippen molar-refractivity contribution in [2.75, 3.05) is 11.1 Å². The van der Waals surface area contributed by atoms with Crippen LogP contribution >= 0.6 is 0 Å². The molecule has 0 atom stereocenters. The number of benzene rings is 2. The fourth-order valence-corrected chi connectivity index (χ4v) is 2.29. The number of nitrogens with two attached hydrogens (primary N) is 1. The first-order valence-electron chi connectivity index (χ1n) is 6.81. The van der Waals surface area contributed by atoms with Crippen LogP contribution < -0.4 is 11.1 Å². The van der Waals surface area contributed by atoms with Gasteiger partial charge in [0.15, 0.2) is 5.69 Å². The van der Waals surface area contributed by atoms with Gasteiger partial charge >= 0.3 is 0 Å². The number of aryl methyl sites for hydroxylation is 1. The molecule has 0 fully saturated rings.